The van der Waals surface area contributed by atoms with Gasteiger partial charge in [0.2, 0.25) is 5.84 Å². The lowest BCUT2D eigenvalue weighted by Crippen LogP contribution is -2.48. The monoisotopic (exact) mass is 240 g/mol. The molecule has 0 amide bonds. The Hall–Kier alpha value is -1.92. The van der Waals surface area contributed by atoms with Crippen molar-refractivity contribution in [3.05, 3.63) is 42.7 Å². The first kappa shape index (κ1) is 12.5. The van der Waals surface area contributed by atoms with E-state index in [1.165, 1.54) is 5.69 Å². The van der Waals surface area contributed by atoms with Crippen molar-refractivity contribution in [1.29, 1.82) is 5.26 Å². The van der Waals surface area contributed by atoms with Crippen molar-refractivity contribution in [3.63, 3.8) is 0 Å². The number of benzene rings is 1. The van der Waals surface area contributed by atoms with Gasteiger partial charge in [0, 0.05) is 0 Å². The largest absolute Gasteiger partial charge is 0.227 e. The fourth-order valence-electron chi connectivity index (χ4n) is 2.35. The van der Waals surface area contributed by atoms with Crippen LogP contribution in [0.3, 0.4) is 0 Å². The zero-order chi connectivity index (χ0) is 12.8. The van der Waals surface area contributed by atoms with Gasteiger partial charge in [0.25, 0.3) is 0 Å². The van der Waals surface area contributed by atoms with Gasteiger partial charge in [-0.25, -0.2) is 9.48 Å². The van der Waals surface area contributed by atoms with Gasteiger partial charge in [-0.15, -0.1) is 0 Å². The van der Waals surface area contributed by atoms with E-state index in [4.69, 9.17) is 5.26 Å². The van der Waals surface area contributed by atoms with Gasteiger partial charge in [0.1, 0.15) is 18.3 Å². The molecule has 1 aromatic carbocycles. The number of unbranched alkanes of at least 4 members (excludes halogenated alkanes) is 1. The average Bonchev–Trinajstić information content (AvgIpc) is 2.82. The summed E-state index contributed by atoms with van der Waals surface area (Å²) in [6, 6.07) is 12.5. The second kappa shape index (κ2) is 5.61. The Labute approximate surface area is 108 Å². The smallest absolute Gasteiger partial charge is 0.218 e. The molecular formula is C15H18N3+. The molecular weight excluding hydrogens is 222 g/mol. The van der Waals surface area contributed by atoms with Gasteiger partial charge in [-0.05, 0) is 18.6 Å². The van der Waals surface area contributed by atoms with E-state index in [9.17, 15) is 0 Å². The third-order valence-corrected chi connectivity index (χ3v) is 3.32. The van der Waals surface area contributed by atoms with Crippen molar-refractivity contribution in [1.82, 2.24) is 4.48 Å². The lowest BCUT2D eigenvalue weighted by atomic mass is 10.1. The Kier molecular flexibility index (Phi) is 3.91. The number of aliphatic imine (C=N–C) groups is 1. The lowest BCUT2D eigenvalue weighted by molar-refractivity contribution is 0.514. The van der Waals surface area contributed by atoms with Crippen molar-refractivity contribution < 1.29 is 0 Å². The van der Waals surface area contributed by atoms with Crippen LogP contribution in [-0.2, 0) is 0 Å². The average molecular weight is 240 g/mol. The van der Waals surface area contributed by atoms with Gasteiger partial charge in [-0.1, -0.05) is 31.5 Å². The molecule has 0 bridgehead atoms. The maximum Gasteiger partial charge on any atom is 0.227 e. The third kappa shape index (κ3) is 2.20. The highest BCUT2D eigenvalue weighted by molar-refractivity contribution is 5.97. The highest BCUT2D eigenvalue weighted by Gasteiger charge is 2.36. The van der Waals surface area contributed by atoms with Gasteiger partial charge in [-0.2, -0.15) is 5.26 Å². The lowest BCUT2D eigenvalue weighted by Gasteiger charge is -2.31. The molecule has 0 aromatic heterocycles. The van der Waals surface area contributed by atoms with Gasteiger partial charge < -0.3 is 0 Å². The predicted molar refractivity (Wildman–Crippen MR) is 74.8 cm³/mol. The normalized spacial score (nSPS) is 21.7. The molecule has 1 heterocycles. The molecule has 0 fully saturated rings. The number of hydrogen-bond donors (Lipinski definition) is 0. The summed E-state index contributed by atoms with van der Waals surface area (Å²) in [5.41, 5.74) is 1.19. The van der Waals surface area contributed by atoms with E-state index in [-0.39, 0.29) is 0 Å². The summed E-state index contributed by atoms with van der Waals surface area (Å²) in [5.74, 6) is 0.928. The predicted octanol–water partition coefficient (Wildman–Crippen LogP) is 3.59. The topological polar surface area (TPSA) is 36.1 Å². The summed E-state index contributed by atoms with van der Waals surface area (Å²) in [5, 5.41) is 8.96. The van der Waals surface area contributed by atoms with E-state index in [2.05, 4.69) is 36.3 Å². The molecule has 3 heteroatoms. The van der Waals surface area contributed by atoms with Crippen LogP contribution in [0.4, 0.5) is 5.69 Å². The quantitative estimate of drug-likeness (QED) is 0.724. The second-order valence-electron chi connectivity index (χ2n) is 4.46. The highest BCUT2D eigenvalue weighted by atomic mass is 15.4. The molecule has 2 rings (SSSR count). The summed E-state index contributed by atoms with van der Waals surface area (Å²) < 4.78 is 0.613. The fraction of sp³-hybridized carbons (Fsp3) is 0.333. The van der Waals surface area contributed by atoms with Crippen molar-refractivity contribution >= 4 is 11.5 Å². The Morgan fingerprint density at radius 2 is 2.06 bits per heavy atom. The summed E-state index contributed by atoms with van der Waals surface area (Å²) in [6.07, 6.45) is 6.56. The van der Waals surface area contributed by atoms with Crippen LogP contribution in [0.2, 0.25) is 0 Å². The minimum atomic E-state index is 0.381. The second-order valence-corrected chi connectivity index (χ2v) is 4.46. The van der Waals surface area contributed by atoms with Gasteiger partial charge in [0.15, 0.2) is 0 Å². The first-order valence-electron chi connectivity index (χ1n) is 6.39. The van der Waals surface area contributed by atoms with Crippen LogP contribution < -0.4 is 4.48 Å². The number of hydrogen-bond acceptors (Lipinski definition) is 2. The number of nitriles is 1. The molecule has 3 nitrogen and oxygen atoms in total. The number of nitrogens with zero attached hydrogens (tertiary/aromatic N) is 3. The third-order valence-electron chi connectivity index (χ3n) is 3.32. The molecule has 0 radical (unpaired) electrons. The standard InChI is InChI=1S/C15H18N3/c1-2-3-12-18(14-7-5-4-6-8-14)13-11-17-15(18)9-10-16/h4-8,11,13H,2-3,9,12H2,1H3/q+1. The number of quaternary nitrogens is 1. The zero-order valence-corrected chi connectivity index (χ0v) is 10.7. The van der Waals surface area contributed by atoms with Crippen molar-refractivity contribution in [2.24, 2.45) is 4.99 Å². The molecule has 1 aliphatic rings. The van der Waals surface area contributed by atoms with Gasteiger partial charge in [-0.3, -0.25) is 0 Å². The van der Waals surface area contributed by atoms with Crippen LogP contribution in [0.15, 0.2) is 47.7 Å². The zero-order valence-electron chi connectivity index (χ0n) is 10.7. The molecule has 18 heavy (non-hydrogen) atoms. The fourth-order valence-corrected chi connectivity index (χ4v) is 2.35. The summed E-state index contributed by atoms with van der Waals surface area (Å²) >= 11 is 0. The maximum atomic E-state index is 8.96. The highest BCUT2D eigenvalue weighted by Crippen LogP contribution is 2.29. The first-order valence-corrected chi connectivity index (χ1v) is 6.39. The molecule has 92 valence electrons. The molecule has 1 aliphatic heterocycles. The number of para-hydroxylation sites is 1. The SMILES string of the molecule is CCCC[N+]1(c2ccccc2)C=CN=C1CC#N. The summed E-state index contributed by atoms with van der Waals surface area (Å²) in [7, 11) is 0. The Balaban J connectivity index is 2.39. The van der Waals surface area contributed by atoms with E-state index >= 15 is 0 Å². The van der Waals surface area contributed by atoms with E-state index < -0.39 is 0 Å². The Bertz CT molecular complexity index is 496. The number of rotatable bonds is 5. The van der Waals surface area contributed by atoms with Crippen LogP contribution in [0, 0.1) is 11.3 Å². The minimum Gasteiger partial charge on any atom is -0.218 e. The molecule has 1 atom stereocenters. The Morgan fingerprint density at radius 3 is 2.72 bits per heavy atom. The summed E-state index contributed by atoms with van der Waals surface area (Å²) in [4.78, 5) is 4.39. The maximum absolute atomic E-state index is 8.96. The first-order chi connectivity index (χ1) is 8.83. The molecule has 0 aliphatic carbocycles. The van der Waals surface area contributed by atoms with E-state index in [1.54, 1.807) is 0 Å². The summed E-state index contributed by atoms with van der Waals surface area (Å²) in [6.45, 7) is 3.15. The van der Waals surface area contributed by atoms with Crippen LogP contribution >= 0.6 is 0 Å². The molecule has 1 unspecified atom stereocenters. The van der Waals surface area contributed by atoms with Crippen molar-refractivity contribution in [2.75, 3.05) is 6.54 Å². The van der Waals surface area contributed by atoms with Crippen molar-refractivity contribution in [3.8, 4) is 6.07 Å². The molecule has 0 N–H and O–H groups in total. The van der Waals surface area contributed by atoms with Crippen LogP contribution in [-0.4, -0.2) is 12.4 Å². The van der Waals surface area contributed by atoms with Crippen molar-refractivity contribution in [2.45, 2.75) is 26.2 Å². The number of amidine groups is 1. The van der Waals surface area contributed by atoms with Crippen LogP contribution in [0.5, 0.6) is 0 Å². The molecule has 0 saturated carbocycles. The molecule has 0 saturated heterocycles. The van der Waals surface area contributed by atoms with E-state index in [0.717, 1.165) is 25.2 Å². The van der Waals surface area contributed by atoms with Gasteiger partial charge >= 0.3 is 0 Å². The van der Waals surface area contributed by atoms with Crippen LogP contribution in [0.25, 0.3) is 0 Å². The minimum absolute atomic E-state index is 0.381. The van der Waals surface area contributed by atoms with E-state index in [0.29, 0.717) is 10.9 Å². The van der Waals surface area contributed by atoms with Crippen LogP contribution in [0.1, 0.15) is 26.2 Å². The Morgan fingerprint density at radius 1 is 1.28 bits per heavy atom. The van der Waals surface area contributed by atoms with Gasteiger partial charge in [0.05, 0.1) is 18.8 Å². The molecule has 0 spiro atoms. The molecule has 1 aromatic rings. The van der Waals surface area contributed by atoms with E-state index in [1.807, 2.05) is 24.4 Å².